The summed E-state index contributed by atoms with van der Waals surface area (Å²) in [5, 5.41) is 30.9. The van der Waals surface area contributed by atoms with Gasteiger partial charge in [-0.25, -0.2) is 0 Å². The molecule has 3 N–H and O–H groups in total. The Kier molecular flexibility index (Phi) is 5.66. The first-order valence-corrected chi connectivity index (χ1v) is 10.0. The lowest BCUT2D eigenvalue weighted by Crippen LogP contribution is -2.58. The Morgan fingerprint density at radius 1 is 0.967 bits per heavy atom. The molecule has 0 aliphatic carbocycles. The molecule has 0 radical (unpaired) electrons. The predicted octanol–water partition coefficient (Wildman–Crippen LogP) is 3.65. The number of fused-ring (bicyclic) bond motifs is 1. The highest BCUT2D eigenvalue weighted by Gasteiger charge is 2.43. The van der Waals surface area contributed by atoms with E-state index in [0.29, 0.717) is 5.75 Å². The van der Waals surface area contributed by atoms with Crippen molar-refractivity contribution in [1.82, 2.24) is 0 Å². The summed E-state index contributed by atoms with van der Waals surface area (Å²) in [6, 6.07) is 13.4. The van der Waals surface area contributed by atoms with Crippen LogP contribution in [0.4, 0.5) is 0 Å². The number of aliphatic hydroxyl groups excluding tert-OH is 3. The Bertz CT molecular complexity index is 1050. The Labute approximate surface area is 175 Å². The molecule has 158 valence electrons. The third-order valence-electron chi connectivity index (χ3n) is 5.50. The predicted molar refractivity (Wildman–Crippen MR) is 114 cm³/mol. The SMILES string of the molecule is C/C=C/c1ccc2oc(-c3ccc(O[C@@H]4O[C@@H](C)[C@@H](O)[C@@H](O)[C@H]4O)cc3)c(C)c2c1. The van der Waals surface area contributed by atoms with E-state index >= 15 is 0 Å². The van der Waals surface area contributed by atoms with E-state index in [0.717, 1.165) is 33.4 Å². The summed E-state index contributed by atoms with van der Waals surface area (Å²) in [5.74, 6) is 1.26. The lowest BCUT2D eigenvalue weighted by atomic mass is 10.00. The van der Waals surface area contributed by atoms with Gasteiger partial charge in [0.15, 0.2) is 0 Å². The highest BCUT2D eigenvalue weighted by atomic mass is 16.7. The summed E-state index contributed by atoms with van der Waals surface area (Å²) in [6.45, 7) is 5.64. The highest BCUT2D eigenvalue weighted by Crippen LogP contribution is 2.35. The molecule has 1 aliphatic rings. The van der Waals surface area contributed by atoms with E-state index in [1.165, 1.54) is 0 Å². The van der Waals surface area contributed by atoms with Gasteiger partial charge in [0.2, 0.25) is 6.29 Å². The van der Waals surface area contributed by atoms with Crippen LogP contribution >= 0.6 is 0 Å². The molecule has 0 saturated carbocycles. The van der Waals surface area contributed by atoms with E-state index in [2.05, 4.69) is 12.1 Å². The third kappa shape index (κ3) is 3.75. The monoisotopic (exact) mass is 410 g/mol. The summed E-state index contributed by atoms with van der Waals surface area (Å²) >= 11 is 0. The van der Waals surface area contributed by atoms with Crippen LogP contribution in [0.25, 0.3) is 28.4 Å². The molecule has 0 unspecified atom stereocenters. The minimum absolute atomic E-state index is 0.475. The Morgan fingerprint density at radius 3 is 2.40 bits per heavy atom. The number of hydrogen-bond acceptors (Lipinski definition) is 6. The maximum Gasteiger partial charge on any atom is 0.229 e. The van der Waals surface area contributed by atoms with Crippen LogP contribution in [0.2, 0.25) is 0 Å². The Balaban J connectivity index is 1.56. The summed E-state index contributed by atoms with van der Waals surface area (Å²) in [5.41, 5.74) is 3.91. The number of aryl methyl sites for hydroxylation is 1. The summed E-state index contributed by atoms with van der Waals surface area (Å²) in [6.07, 6.45) is -1.50. The minimum Gasteiger partial charge on any atom is -0.462 e. The summed E-state index contributed by atoms with van der Waals surface area (Å²) in [7, 11) is 0. The van der Waals surface area contributed by atoms with Gasteiger partial charge in [-0.15, -0.1) is 0 Å². The van der Waals surface area contributed by atoms with Crippen molar-refractivity contribution >= 4 is 17.0 Å². The fourth-order valence-electron chi connectivity index (χ4n) is 3.74. The molecule has 3 aromatic rings. The van der Waals surface area contributed by atoms with Crippen molar-refractivity contribution in [3.8, 4) is 17.1 Å². The van der Waals surface area contributed by atoms with Crippen LogP contribution in [0.3, 0.4) is 0 Å². The number of benzene rings is 2. The largest absolute Gasteiger partial charge is 0.462 e. The van der Waals surface area contributed by atoms with E-state index in [1.54, 1.807) is 19.1 Å². The van der Waals surface area contributed by atoms with E-state index < -0.39 is 30.7 Å². The van der Waals surface area contributed by atoms with Gasteiger partial charge in [-0.1, -0.05) is 18.2 Å². The van der Waals surface area contributed by atoms with Gasteiger partial charge in [0.25, 0.3) is 0 Å². The molecular weight excluding hydrogens is 384 g/mol. The Morgan fingerprint density at radius 2 is 1.70 bits per heavy atom. The smallest absolute Gasteiger partial charge is 0.229 e. The number of hydrogen-bond donors (Lipinski definition) is 3. The van der Waals surface area contributed by atoms with Gasteiger partial charge >= 0.3 is 0 Å². The van der Waals surface area contributed by atoms with Crippen LogP contribution in [0.5, 0.6) is 5.75 Å². The zero-order valence-corrected chi connectivity index (χ0v) is 17.1. The molecular formula is C24H26O6. The first-order valence-electron chi connectivity index (χ1n) is 10.0. The molecule has 0 amide bonds. The first-order chi connectivity index (χ1) is 14.4. The second-order valence-corrected chi connectivity index (χ2v) is 7.64. The molecule has 6 nitrogen and oxygen atoms in total. The zero-order valence-electron chi connectivity index (χ0n) is 17.1. The highest BCUT2D eigenvalue weighted by molar-refractivity contribution is 5.89. The van der Waals surface area contributed by atoms with Gasteiger partial charge in [-0.3, -0.25) is 0 Å². The summed E-state index contributed by atoms with van der Waals surface area (Å²) in [4.78, 5) is 0. The fraction of sp³-hybridized carbons (Fsp3) is 0.333. The average molecular weight is 410 g/mol. The first kappa shape index (κ1) is 20.6. The van der Waals surface area contributed by atoms with E-state index in [9.17, 15) is 15.3 Å². The quantitative estimate of drug-likeness (QED) is 0.608. The fourth-order valence-corrected chi connectivity index (χ4v) is 3.74. The van der Waals surface area contributed by atoms with Crippen LogP contribution in [-0.2, 0) is 4.74 Å². The van der Waals surface area contributed by atoms with E-state index in [-0.39, 0.29) is 0 Å². The number of ether oxygens (including phenoxy) is 2. The van der Waals surface area contributed by atoms with Gasteiger partial charge in [0, 0.05) is 16.5 Å². The molecule has 0 spiro atoms. The van der Waals surface area contributed by atoms with Crippen molar-refractivity contribution in [3.05, 3.63) is 59.7 Å². The number of rotatable bonds is 4. The molecule has 6 heteroatoms. The molecule has 2 heterocycles. The molecule has 2 aromatic carbocycles. The number of furan rings is 1. The van der Waals surface area contributed by atoms with Crippen LogP contribution in [0, 0.1) is 6.92 Å². The lowest BCUT2D eigenvalue weighted by molar-refractivity contribution is -0.268. The molecule has 30 heavy (non-hydrogen) atoms. The molecule has 1 saturated heterocycles. The average Bonchev–Trinajstić information content (AvgIpc) is 3.07. The minimum atomic E-state index is -1.35. The van der Waals surface area contributed by atoms with Crippen molar-refractivity contribution in [2.45, 2.75) is 51.5 Å². The lowest BCUT2D eigenvalue weighted by Gasteiger charge is -2.38. The molecule has 1 fully saturated rings. The van der Waals surface area contributed by atoms with Gasteiger partial charge in [-0.05, 0) is 62.7 Å². The second-order valence-electron chi connectivity index (χ2n) is 7.64. The molecule has 1 aliphatic heterocycles. The van der Waals surface area contributed by atoms with Crippen molar-refractivity contribution in [1.29, 1.82) is 0 Å². The number of aliphatic hydroxyl groups is 3. The van der Waals surface area contributed by atoms with Gasteiger partial charge in [0.1, 0.15) is 35.4 Å². The number of allylic oxidation sites excluding steroid dienone is 1. The summed E-state index contributed by atoms with van der Waals surface area (Å²) < 4.78 is 17.3. The topological polar surface area (TPSA) is 92.3 Å². The van der Waals surface area contributed by atoms with Crippen LogP contribution in [0.15, 0.2) is 53.0 Å². The maximum atomic E-state index is 10.1. The molecule has 1 aromatic heterocycles. The normalized spacial score (nSPS) is 27.1. The van der Waals surface area contributed by atoms with Gasteiger partial charge in [-0.2, -0.15) is 0 Å². The van der Waals surface area contributed by atoms with Crippen molar-refractivity contribution < 1.29 is 29.2 Å². The molecule has 0 bridgehead atoms. The molecule has 4 rings (SSSR count). The molecule has 5 atom stereocenters. The third-order valence-corrected chi connectivity index (χ3v) is 5.50. The van der Waals surface area contributed by atoms with Gasteiger partial charge in [0.05, 0.1) is 6.10 Å². The van der Waals surface area contributed by atoms with Crippen molar-refractivity contribution in [2.24, 2.45) is 0 Å². The maximum absolute atomic E-state index is 10.1. The zero-order chi connectivity index (χ0) is 21.4. The van der Waals surface area contributed by atoms with Crippen LogP contribution in [0.1, 0.15) is 25.0 Å². The van der Waals surface area contributed by atoms with E-state index in [4.69, 9.17) is 13.9 Å². The van der Waals surface area contributed by atoms with Crippen LogP contribution < -0.4 is 4.74 Å². The Hall–Kier alpha value is -2.64. The van der Waals surface area contributed by atoms with Gasteiger partial charge < -0.3 is 29.2 Å². The standard InChI is InChI=1S/C24H26O6/c1-4-5-15-6-11-19-18(12-15)13(2)23(30-19)16-7-9-17(10-8-16)29-24-22(27)21(26)20(25)14(3)28-24/h4-12,14,20-22,24-27H,1-3H3/b5-4+/t14-,20+,21+,22+,24-/m0/s1. The second kappa shape index (κ2) is 8.24. The van der Waals surface area contributed by atoms with Crippen LogP contribution in [-0.4, -0.2) is 46.0 Å². The van der Waals surface area contributed by atoms with Crippen molar-refractivity contribution in [3.63, 3.8) is 0 Å². The van der Waals surface area contributed by atoms with E-state index in [1.807, 2.05) is 44.2 Å². The van der Waals surface area contributed by atoms with Crippen molar-refractivity contribution in [2.75, 3.05) is 0 Å².